The number of hydrogen-bond donors (Lipinski definition) is 0. The van der Waals surface area contributed by atoms with Gasteiger partial charge in [0.1, 0.15) is 12.1 Å². The first-order chi connectivity index (χ1) is 7.74. The lowest BCUT2D eigenvalue weighted by atomic mass is 10.2. The minimum absolute atomic E-state index is 0.0506. The van der Waals surface area contributed by atoms with E-state index in [0.29, 0.717) is 19.6 Å². The molecule has 0 bridgehead atoms. The number of rotatable bonds is 2. The zero-order chi connectivity index (χ0) is 11.5. The highest BCUT2D eigenvalue weighted by Crippen LogP contribution is 2.23. The van der Waals surface area contributed by atoms with E-state index in [-0.39, 0.29) is 18.0 Å². The lowest BCUT2D eigenvalue weighted by Crippen LogP contribution is -2.45. The lowest BCUT2D eigenvalue weighted by molar-refractivity contribution is -0.154. The van der Waals surface area contributed by atoms with Gasteiger partial charge in [-0.2, -0.15) is 0 Å². The summed E-state index contributed by atoms with van der Waals surface area (Å²) in [5.74, 6) is -0.366. The average Bonchev–Trinajstić information content (AvgIpc) is 2.97. The summed E-state index contributed by atoms with van der Waals surface area (Å²) in [5.41, 5.74) is 0. The third-order valence-corrected chi connectivity index (χ3v) is 3.21. The minimum atomic E-state index is -0.401. The molecule has 1 unspecified atom stereocenters. The highest BCUT2D eigenvalue weighted by atomic mass is 16.5. The van der Waals surface area contributed by atoms with Crippen molar-refractivity contribution < 1.29 is 19.1 Å². The normalized spacial score (nSPS) is 29.4. The first kappa shape index (κ1) is 11.4. The van der Waals surface area contributed by atoms with Gasteiger partial charge < -0.3 is 14.4 Å². The molecule has 0 spiro atoms. The molecule has 2 atom stereocenters. The van der Waals surface area contributed by atoms with Crippen LogP contribution in [-0.4, -0.2) is 49.2 Å². The second-order valence-corrected chi connectivity index (χ2v) is 4.21. The summed E-state index contributed by atoms with van der Waals surface area (Å²) in [4.78, 5) is 25.2. The summed E-state index contributed by atoms with van der Waals surface area (Å²) in [6.07, 6.45) is 2.91. The fourth-order valence-electron chi connectivity index (χ4n) is 2.37. The number of amides is 1. The van der Waals surface area contributed by atoms with E-state index in [9.17, 15) is 9.59 Å². The van der Waals surface area contributed by atoms with Gasteiger partial charge in [0.05, 0.1) is 7.11 Å². The zero-order valence-corrected chi connectivity index (χ0v) is 9.48. The molecule has 0 saturated carbocycles. The van der Waals surface area contributed by atoms with Crippen molar-refractivity contribution in [2.24, 2.45) is 0 Å². The zero-order valence-electron chi connectivity index (χ0n) is 9.48. The van der Waals surface area contributed by atoms with Crippen molar-refractivity contribution in [3.8, 4) is 0 Å². The number of likely N-dealkylation sites (tertiary alicyclic amines) is 1. The van der Waals surface area contributed by atoms with Gasteiger partial charge in [-0.15, -0.1) is 0 Å². The molecule has 2 rings (SSSR count). The fourth-order valence-corrected chi connectivity index (χ4v) is 2.37. The molecular weight excluding hydrogens is 210 g/mol. The van der Waals surface area contributed by atoms with Gasteiger partial charge in [-0.25, -0.2) is 4.79 Å². The number of ether oxygens (including phenoxy) is 2. The van der Waals surface area contributed by atoms with Crippen LogP contribution >= 0.6 is 0 Å². The van der Waals surface area contributed by atoms with Crippen LogP contribution in [0.4, 0.5) is 0 Å². The number of hydrogen-bond acceptors (Lipinski definition) is 4. The first-order valence-corrected chi connectivity index (χ1v) is 5.74. The van der Waals surface area contributed by atoms with Crippen molar-refractivity contribution in [3.63, 3.8) is 0 Å². The van der Waals surface area contributed by atoms with Gasteiger partial charge in [0.2, 0.25) is 0 Å². The summed E-state index contributed by atoms with van der Waals surface area (Å²) in [5, 5.41) is 0. The Hall–Kier alpha value is -1.10. The van der Waals surface area contributed by atoms with Crippen LogP contribution in [0.5, 0.6) is 0 Å². The molecule has 0 N–H and O–H groups in total. The molecule has 0 aromatic rings. The molecule has 2 aliphatic rings. The number of nitrogens with zero attached hydrogens (tertiary/aromatic N) is 1. The maximum Gasteiger partial charge on any atom is 0.328 e. The van der Waals surface area contributed by atoms with Crippen LogP contribution < -0.4 is 0 Å². The van der Waals surface area contributed by atoms with Gasteiger partial charge >= 0.3 is 5.97 Å². The second kappa shape index (κ2) is 4.82. The van der Waals surface area contributed by atoms with Crippen molar-refractivity contribution in [2.75, 3.05) is 20.3 Å². The molecule has 16 heavy (non-hydrogen) atoms. The fraction of sp³-hybridized carbons (Fsp3) is 0.818. The Labute approximate surface area is 94.7 Å². The molecular formula is C11H17NO4. The molecule has 0 aromatic carbocycles. The van der Waals surface area contributed by atoms with Crippen LogP contribution in [0.25, 0.3) is 0 Å². The van der Waals surface area contributed by atoms with Gasteiger partial charge in [-0.3, -0.25) is 4.79 Å². The monoisotopic (exact) mass is 227 g/mol. The quantitative estimate of drug-likeness (QED) is 0.638. The third kappa shape index (κ3) is 2.04. The molecule has 2 heterocycles. The van der Waals surface area contributed by atoms with Crippen LogP contribution in [0, 0.1) is 0 Å². The molecule has 0 aliphatic carbocycles. The van der Waals surface area contributed by atoms with Crippen LogP contribution in [0.2, 0.25) is 0 Å². The highest BCUT2D eigenvalue weighted by Gasteiger charge is 2.38. The average molecular weight is 227 g/mol. The van der Waals surface area contributed by atoms with Crippen LogP contribution in [-0.2, 0) is 19.1 Å². The van der Waals surface area contributed by atoms with Gasteiger partial charge in [-0.1, -0.05) is 0 Å². The van der Waals surface area contributed by atoms with E-state index in [1.807, 2.05) is 0 Å². The van der Waals surface area contributed by atoms with Crippen molar-refractivity contribution in [1.82, 2.24) is 4.90 Å². The van der Waals surface area contributed by atoms with Gasteiger partial charge in [0.25, 0.3) is 5.91 Å². The standard InChI is InChI=1S/C11H17NO4/c1-15-11(14)8-4-2-6-12(8)10(13)9-5-3-7-16-9/h8-9H,2-7H2,1H3/t8?,9-/m0/s1. The van der Waals surface area contributed by atoms with Crippen molar-refractivity contribution >= 4 is 11.9 Å². The van der Waals surface area contributed by atoms with Gasteiger partial charge in [0.15, 0.2) is 0 Å². The highest BCUT2D eigenvalue weighted by molar-refractivity contribution is 5.87. The number of carbonyl (C=O) groups excluding carboxylic acids is 2. The molecule has 2 fully saturated rings. The van der Waals surface area contributed by atoms with E-state index in [0.717, 1.165) is 19.3 Å². The lowest BCUT2D eigenvalue weighted by Gasteiger charge is -2.25. The Bertz CT molecular complexity index is 286. The molecule has 1 amide bonds. The maximum atomic E-state index is 12.1. The van der Waals surface area contributed by atoms with Gasteiger partial charge in [-0.05, 0) is 25.7 Å². The summed E-state index contributed by atoms with van der Waals surface area (Å²) >= 11 is 0. The predicted octanol–water partition coefficient (Wildman–Crippen LogP) is 0.329. The van der Waals surface area contributed by atoms with Crippen molar-refractivity contribution in [3.05, 3.63) is 0 Å². The number of carbonyl (C=O) groups is 2. The van der Waals surface area contributed by atoms with E-state index in [4.69, 9.17) is 9.47 Å². The maximum absolute atomic E-state index is 12.1. The van der Waals surface area contributed by atoms with E-state index < -0.39 is 6.04 Å². The SMILES string of the molecule is COC(=O)C1CCCN1C(=O)[C@@H]1CCCO1. The van der Waals surface area contributed by atoms with Crippen LogP contribution in [0.15, 0.2) is 0 Å². The second-order valence-electron chi connectivity index (χ2n) is 4.21. The molecule has 2 aliphatic heterocycles. The predicted molar refractivity (Wildman–Crippen MR) is 55.7 cm³/mol. The molecule has 5 heteroatoms. The topological polar surface area (TPSA) is 55.8 Å². The smallest absolute Gasteiger partial charge is 0.328 e. The van der Waals surface area contributed by atoms with E-state index >= 15 is 0 Å². The van der Waals surface area contributed by atoms with Crippen molar-refractivity contribution in [1.29, 1.82) is 0 Å². The van der Waals surface area contributed by atoms with Crippen LogP contribution in [0.1, 0.15) is 25.7 Å². The minimum Gasteiger partial charge on any atom is -0.467 e. The Morgan fingerprint density at radius 2 is 2.12 bits per heavy atom. The molecule has 0 aromatic heterocycles. The van der Waals surface area contributed by atoms with Crippen LogP contribution in [0.3, 0.4) is 0 Å². The summed E-state index contributed by atoms with van der Waals surface area (Å²) in [7, 11) is 1.36. The molecule has 0 radical (unpaired) electrons. The van der Waals surface area contributed by atoms with E-state index in [2.05, 4.69) is 0 Å². The Morgan fingerprint density at radius 3 is 2.75 bits per heavy atom. The molecule has 2 saturated heterocycles. The number of methoxy groups -OCH3 is 1. The Kier molecular flexibility index (Phi) is 3.43. The summed E-state index contributed by atoms with van der Waals surface area (Å²) in [6, 6.07) is -0.401. The summed E-state index contributed by atoms with van der Waals surface area (Å²) in [6.45, 7) is 1.28. The Morgan fingerprint density at radius 1 is 1.31 bits per heavy atom. The molecule has 5 nitrogen and oxygen atoms in total. The van der Waals surface area contributed by atoms with Crippen molar-refractivity contribution in [2.45, 2.75) is 37.8 Å². The number of esters is 1. The third-order valence-electron chi connectivity index (χ3n) is 3.21. The largest absolute Gasteiger partial charge is 0.467 e. The van der Waals surface area contributed by atoms with Gasteiger partial charge in [0, 0.05) is 13.2 Å². The van der Waals surface area contributed by atoms with E-state index in [1.165, 1.54) is 7.11 Å². The molecule has 90 valence electrons. The Balaban J connectivity index is 2.01. The first-order valence-electron chi connectivity index (χ1n) is 5.74. The van der Waals surface area contributed by atoms with E-state index in [1.54, 1.807) is 4.90 Å². The summed E-state index contributed by atoms with van der Waals surface area (Å²) < 4.78 is 10.0.